The van der Waals surface area contributed by atoms with Gasteiger partial charge in [-0.2, -0.15) is 0 Å². The second-order valence-electron chi connectivity index (χ2n) is 4.27. The third kappa shape index (κ3) is 1.76. The summed E-state index contributed by atoms with van der Waals surface area (Å²) in [5.41, 5.74) is 1.81. The van der Waals surface area contributed by atoms with Crippen molar-refractivity contribution in [2.24, 2.45) is 0 Å². The van der Waals surface area contributed by atoms with Crippen LogP contribution in [0, 0.1) is 0 Å². The van der Waals surface area contributed by atoms with Gasteiger partial charge in [-0.05, 0) is 30.3 Å². The third-order valence-corrected chi connectivity index (χ3v) is 3.63. The van der Waals surface area contributed by atoms with E-state index in [4.69, 9.17) is 0 Å². The second kappa shape index (κ2) is 4.24. The molecular formula is C15H7BrO3. The lowest BCUT2D eigenvalue weighted by Gasteiger charge is -2.17. The van der Waals surface area contributed by atoms with Gasteiger partial charge in [-0.15, -0.1) is 0 Å². The first-order valence-corrected chi connectivity index (χ1v) is 6.39. The van der Waals surface area contributed by atoms with Crippen LogP contribution in [0.1, 0.15) is 42.2 Å². The fraction of sp³-hybridized carbons (Fsp3) is 0. The van der Waals surface area contributed by atoms with Crippen molar-refractivity contribution in [1.82, 2.24) is 0 Å². The largest absolute Gasteiger partial charge is 0.298 e. The van der Waals surface area contributed by atoms with Crippen molar-refractivity contribution in [1.29, 1.82) is 0 Å². The highest BCUT2D eigenvalue weighted by Gasteiger charge is 2.29. The molecule has 1 aliphatic rings. The molecule has 19 heavy (non-hydrogen) atoms. The summed E-state index contributed by atoms with van der Waals surface area (Å²) in [5.74, 6) is -0.413. The first kappa shape index (κ1) is 12.0. The molecule has 0 heterocycles. The van der Waals surface area contributed by atoms with Crippen molar-refractivity contribution in [2.45, 2.75) is 0 Å². The van der Waals surface area contributed by atoms with Gasteiger partial charge in [0.1, 0.15) is 6.29 Å². The SMILES string of the molecule is O=Cc1ccc2c(c1)C(=O)c1ccc(Br)cc1C2=O. The van der Waals surface area contributed by atoms with Crippen molar-refractivity contribution in [3.63, 3.8) is 0 Å². The van der Waals surface area contributed by atoms with E-state index in [9.17, 15) is 14.4 Å². The Hall–Kier alpha value is -2.07. The van der Waals surface area contributed by atoms with Crippen LogP contribution in [0.2, 0.25) is 0 Å². The van der Waals surface area contributed by atoms with Gasteiger partial charge in [0.15, 0.2) is 11.6 Å². The molecule has 0 bridgehead atoms. The maximum Gasteiger partial charge on any atom is 0.194 e. The van der Waals surface area contributed by atoms with E-state index < -0.39 is 0 Å². The zero-order valence-electron chi connectivity index (χ0n) is 9.64. The number of rotatable bonds is 1. The molecule has 0 atom stereocenters. The van der Waals surface area contributed by atoms with E-state index in [0.717, 1.165) is 4.47 Å². The van der Waals surface area contributed by atoms with Gasteiger partial charge in [-0.25, -0.2) is 0 Å². The standard InChI is InChI=1S/C15H7BrO3/c16-9-2-4-11-13(6-9)15(19)10-3-1-8(7-17)5-12(10)14(11)18/h1-7H. The highest BCUT2D eigenvalue weighted by atomic mass is 79.9. The zero-order chi connectivity index (χ0) is 13.6. The normalized spacial score (nSPS) is 12.9. The van der Waals surface area contributed by atoms with Crippen LogP contribution in [-0.2, 0) is 0 Å². The number of hydrogen-bond acceptors (Lipinski definition) is 3. The predicted molar refractivity (Wildman–Crippen MR) is 72.8 cm³/mol. The third-order valence-electron chi connectivity index (χ3n) is 3.14. The van der Waals surface area contributed by atoms with E-state index >= 15 is 0 Å². The van der Waals surface area contributed by atoms with Crippen LogP contribution in [0.4, 0.5) is 0 Å². The van der Waals surface area contributed by atoms with Crippen molar-refractivity contribution in [2.75, 3.05) is 0 Å². The Bertz CT molecular complexity index is 747. The van der Waals surface area contributed by atoms with Crippen LogP contribution in [-0.4, -0.2) is 17.9 Å². The first-order valence-electron chi connectivity index (χ1n) is 5.60. The average Bonchev–Trinajstić information content (AvgIpc) is 2.44. The second-order valence-corrected chi connectivity index (χ2v) is 5.19. The summed E-state index contributed by atoms with van der Waals surface area (Å²) in [5, 5.41) is 0. The van der Waals surface area contributed by atoms with E-state index in [1.807, 2.05) is 0 Å². The molecule has 2 aromatic carbocycles. The minimum Gasteiger partial charge on any atom is -0.298 e. The lowest BCUT2D eigenvalue weighted by atomic mass is 9.83. The molecule has 0 aliphatic heterocycles. The maximum absolute atomic E-state index is 12.3. The summed E-state index contributed by atoms with van der Waals surface area (Å²) in [6, 6.07) is 9.53. The quantitative estimate of drug-likeness (QED) is 0.649. The number of aldehydes is 1. The van der Waals surface area contributed by atoms with Crippen LogP contribution in [0.3, 0.4) is 0 Å². The Labute approximate surface area is 117 Å². The fourth-order valence-electron chi connectivity index (χ4n) is 2.21. The predicted octanol–water partition coefficient (Wildman–Crippen LogP) is 3.04. The van der Waals surface area contributed by atoms with E-state index in [1.54, 1.807) is 24.3 Å². The molecular weight excluding hydrogens is 308 g/mol. The molecule has 1 aliphatic carbocycles. The Kier molecular flexibility index (Phi) is 2.68. The first-order chi connectivity index (χ1) is 9.11. The van der Waals surface area contributed by atoms with Crippen molar-refractivity contribution in [3.8, 4) is 0 Å². The molecule has 0 N–H and O–H groups in total. The van der Waals surface area contributed by atoms with Gasteiger partial charge in [0, 0.05) is 32.3 Å². The molecule has 0 saturated carbocycles. The smallest absolute Gasteiger partial charge is 0.194 e. The minimum atomic E-state index is -0.221. The van der Waals surface area contributed by atoms with Crippen molar-refractivity contribution in [3.05, 3.63) is 68.7 Å². The van der Waals surface area contributed by atoms with Gasteiger partial charge in [-0.3, -0.25) is 14.4 Å². The number of carbonyl (C=O) groups is 3. The molecule has 0 aromatic heterocycles. The van der Waals surface area contributed by atoms with Crippen LogP contribution < -0.4 is 0 Å². The van der Waals surface area contributed by atoms with Crippen LogP contribution in [0.15, 0.2) is 40.9 Å². The number of benzene rings is 2. The molecule has 92 valence electrons. The molecule has 2 aromatic rings. The van der Waals surface area contributed by atoms with E-state index in [2.05, 4.69) is 15.9 Å². The van der Waals surface area contributed by atoms with Gasteiger partial charge in [-0.1, -0.05) is 22.0 Å². The molecule has 0 unspecified atom stereocenters. The monoisotopic (exact) mass is 314 g/mol. The van der Waals surface area contributed by atoms with E-state index in [1.165, 1.54) is 12.1 Å². The lowest BCUT2D eigenvalue weighted by Crippen LogP contribution is -2.21. The average molecular weight is 315 g/mol. The number of carbonyl (C=O) groups excluding carboxylic acids is 3. The van der Waals surface area contributed by atoms with E-state index in [-0.39, 0.29) is 11.6 Å². The molecule has 0 spiro atoms. The minimum absolute atomic E-state index is 0.191. The van der Waals surface area contributed by atoms with Crippen molar-refractivity contribution >= 4 is 33.8 Å². The highest BCUT2D eigenvalue weighted by molar-refractivity contribution is 9.10. The summed E-state index contributed by atoms with van der Waals surface area (Å²) < 4.78 is 0.750. The zero-order valence-corrected chi connectivity index (χ0v) is 11.2. The summed E-state index contributed by atoms with van der Waals surface area (Å²) in [7, 11) is 0. The highest BCUT2D eigenvalue weighted by Crippen LogP contribution is 2.29. The van der Waals surface area contributed by atoms with E-state index in [0.29, 0.717) is 34.1 Å². The van der Waals surface area contributed by atoms with Crippen LogP contribution in [0.25, 0.3) is 0 Å². The Morgan fingerprint density at radius 3 is 2.00 bits per heavy atom. The number of hydrogen-bond donors (Lipinski definition) is 0. The molecule has 0 saturated heterocycles. The van der Waals surface area contributed by atoms with Crippen molar-refractivity contribution < 1.29 is 14.4 Å². The topological polar surface area (TPSA) is 51.2 Å². The molecule has 4 heteroatoms. The number of fused-ring (bicyclic) bond motifs is 2. The summed E-state index contributed by atoms with van der Waals surface area (Å²) in [6.45, 7) is 0. The summed E-state index contributed by atoms with van der Waals surface area (Å²) >= 11 is 3.29. The summed E-state index contributed by atoms with van der Waals surface area (Å²) in [6.07, 6.45) is 0.662. The Morgan fingerprint density at radius 2 is 1.37 bits per heavy atom. The van der Waals surface area contributed by atoms with Gasteiger partial charge < -0.3 is 0 Å². The Balaban J connectivity index is 2.29. The lowest BCUT2D eigenvalue weighted by molar-refractivity contribution is 0.0978. The fourth-order valence-corrected chi connectivity index (χ4v) is 2.57. The van der Waals surface area contributed by atoms with Crippen LogP contribution in [0.5, 0.6) is 0 Å². The molecule has 3 nitrogen and oxygen atoms in total. The van der Waals surface area contributed by atoms with Gasteiger partial charge in [0.05, 0.1) is 0 Å². The number of ketones is 2. The molecule has 3 rings (SSSR count). The molecule has 0 amide bonds. The van der Waals surface area contributed by atoms with Crippen LogP contribution >= 0.6 is 15.9 Å². The number of halogens is 1. The molecule has 0 fully saturated rings. The molecule has 0 radical (unpaired) electrons. The van der Waals surface area contributed by atoms with Gasteiger partial charge in [0.25, 0.3) is 0 Å². The van der Waals surface area contributed by atoms with Gasteiger partial charge in [0.2, 0.25) is 0 Å². The van der Waals surface area contributed by atoms with Gasteiger partial charge >= 0.3 is 0 Å². The Morgan fingerprint density at radius 1 is 0.789 bits per heavy atom. The maximum atomic E-state index is 12.3. The summed E-state index contributed by atoms with van der Waals surface area (Å²) in [4.78, 5) is 35.5.